The minimum atomic E-state index is 0.922. The summed E-state index contributed by atoms with van der Waals surface area (Å²) in [6.07, 6.45) is 0. The first-order valence-electron chi connectivity index (χ1n) is 21.8. The molecule has 2 aliphatic rings. The molecule has 0 radical (unpaired) electrons. The third-order valence-corrected chi connectivity index (χ3v) is 13.2. The van der Waals surface area contributed by atoms with Crippen LogP contribution in [0.25, 0.3) is 65.9 Å². The number of rotatable bonds is 4. The SMILES string of the molecule is CN1c2ccccc2N(c2ccc3c(-c4ccc5ccccc5n4)c4cc(N5c6ccccc6N(C)c6ccccc65)ccc4c(-c4ccc5ccccc5n4)c3c2)c2ccccc21. The number of pyridine rings is 2. The smallest absolute Gasteiger partial charge is 0.0722 e. The van der Waals surface area contributed by atoms with E-state index in [9.17, 15) is 0 Å². The fraction of sp³-hybridized carbons (Fsp3) is 0.0345. The molecule has 2 aromatic heterocycles. The van der Waals surface area contributed by atoms with Gasteiger partial charge in [-0.05, 0) is 119 Å². The van der Waals surface area contributed by atoms with E-state index in [1.807, 2.05) is 0 Å². The third-order valence-electron chi connectivity index (χ3n) is 13.2. The summed E-state index contributed by atoms with van der Waals surface area (Å²) in [5, 5.41) is 6.65. The number of benzene rings is 9. The molecule has 9 aromatic carbocycles. The van der Waals surface area contributed by atoms with Gasteiger partial charge in [-0.15, -0.1) is 0 Å². The van der Waals surface area contributed by atoms with E-state index in [-0.39, 0.29) is 0 Å². The van der Waals surface area contributed by atoms with Crippen LogP contribution in [0.4, 0.5) is 56.9 Å². The summed E-state index contributed by atoms with van der Waals surface area (Å²) in [5.41, 5.74) is 17.2. The Morgan fingerprint density at radius 1 is 0.297 bits per heavy atom. The van der Waals surface area contributed by atoms with Crippen LogP contribution in [-0.4, -0.2) is 24.1 Å². The molecule has 0 unspecified atom stereocenters. The zero-order valence-electron chi connectivity index (χ0n) is 35.3. The number of fused-ring (bicyclic) bond motifs is 8. The third kappa shape index (κ3) is 5.39. The van der Waals surface area contributed by atoms with E-state index in [4.69, 9.17) is 9.97 Å². The van der Waals surface area contributed by atoms with E-state index in [2.05, 4.69) is 240 Å². The van der Waals surface area contributed by atoms with Gasteiger partial charge in [0.15, 0.2) is 0 Å². The second-order valence-corrected chi connectivity index (χ2v) is 16.7. The average molecular weight is 821 g/mol. The van der Waals surface area contributed by atoms with Crippen LogP contribution >= 0.6 is 0 Å². The number of aromatic nitrogens is 2. The van der Waals surface area contributed by atoms with Gasteiger partial charge < -0.3 is 19.6 Å². The summed E-state index contributed by atoms with van der Waals surface area (Å²) in [7, 11) is 4.31. The van der Waals surface area contributed by atoms with Crippen LogP contribution in [0.3, 0.4) is 0 Å². The molecular formula is C58H40N6. The minimum absolute atomic E-state index is 0.922. The maximum Gasteiger partial charge on any atom is 0.0722 e. The zero-order valence-corrected chi connectivity index (χ0v) is 35.3. The highest BCUT2D eigenvalue weighted by atomic mass is 15.3. The maximum atomic E-state index is 5.44. The fourth-order valence-corrected chi connectivity index (χ4v) is 10.3. The molecule has 0 spiro atoms. The van der Waals surface area contributed by atoms with Crippen LogP contribution in [0.15, 0.2) is 206 Å². The van der Waals surface area contributed by atoms with Gasteiger partial charge in [0.05, 0.1) is 67.9 Å². The van der Waals surface area contributed by atoms with Crippen molar-refractivity contribution < 1.29 is 0 Å². The van der Waals surface area contributed by atoms with Crippen molar-refractivity contribution in [3.63, 3.8) is 0 Å². The lowest BCUT2D eigenvalue weighted by Gasteiger charge is -2.39. The predicted octanol–water partition coefficient (Wildman–Crippen LogP) is 15.5. The number of anilines is 10. The Morgan fingerprint density at radius 3 is 1.00 bits per heavy atom. The highest BCUT2D eigenvalue weighted by molar-refractivity contribution is 6.23. The Kier molecular flexibility index (Phi) is 7.93. The van der Waals surface area contributed by atoms with Crippen LogP contribution < -0.4 is 19.6 Å². The second kappa shape index (κ2) is 14.0. The van der Waals surface area contributed by atoms with Crippen LogP contribution in [0.5, 0.6) is 0 Å². The van der Waals surface area contributed by atoms with Crippen molar-refractivity contribution in [2.24, 2.45) is 0 Å². The van der Waals surface area contributed by atoms with Gasteiger partial charge in [0, 0.05) is 47.4 Å². The number of hydrogen-bond donors (Lipinski definition) is 0. The lowest BCUT2D eigenvalue weighted by atomic mass is 9.87. The first kappa shape index (κ1) is 36.2. The predicted molar refractivity (Wildman–Crippen MR) is 268 cm³/mol. The lowest BCUT2D eigenvalue weighted by Crippen LogP contribution is -2.24. The van der Waals surface area contributed by atoms with E-state index in [1.54, 1.807) is 0 Å². The second-order valence-electron chi connectivity index (χ2n) is 16.7. The normalized spacial score (nSPS) is 13.0. The molecule has 4 heterocycles. The van der Waals surface area contributed by atoms with Gasteiger partial charge in [-0.1, -0.05) is 109 Å². The van der Waals surface area contributed by atoms with Crippen molar-refractivity contribution in [1.82, 2.24) is 9.97 Å². The Morgan fingerprint density at radius 2 is 0.625 bits per heavy atom. The van der Waals surface area contributed by atoms with Crippen LogP contribution in [-0.2, 0) is 0 Å². The van der Waals surface area contributed by atoms with Crippen molar-refractivity contribution in [1.29, 1.82) is 0 Å². The summed E-state index contributed by atoms with van der Waals surface area (Å²) >= 11 is 0. The molecular weight excluding hydrogens is 781 g/mol. The molecule has 11 aromatic rings. The summed E-state index contributed by atoms with van der Waals surface area (Å²) in [6, 6.07) is 74.2. The van der Waals surface area contributed by atoms with Gasteiger partial charge in [-0.3, -0.25) is 0 Å². The number of nitrogens with zero attached hydrogens (tertiary/aromatic N) is 6. The Bertz CT molecular complexity index is 3370. The molecule has 0 saturated heterocycles. The van der Waals surface area contributed by atoms with Gasteiger partial charge in [-0.25, -0.2) is 9.97 Å². The molecule has 0 saturated carbocycles. The highest BCUT2D eigenvalue weighted by Crippen LogP contribution is 2.54. The molecule has 0 amide bonds. The van der Waals surface area contributed by atoms with Gasteiger partial charge in [-0.2, -0.15) is 0 Å². The van der Waals surface area contributed by atoms with E-state index < -0.39 is 0 Å². The number of hydrogen-bond acceptors (Lipinski definition) is 6. The topological polar surface area (TPSA) is 38.7 Å². The molecule has 302 valence electrons. The molecule has 0 fully saturated rings. The van der Waals surface area contributed by atoms with Crippen molar-refractivity contribution in [3.05, 3.63) is 206 Å². The average Bonchev–Trinajstić information content (AvgIpc) is 3.35. The largest absolute Gasteiger partial charge is 0.341 e. The summed E-state index contributed by atoms with van der Waals surface area (Å²) in [5.74, 6) is 0. The summed E-state index contributed by atoms with van der Waals surface area (Å²) < 4.78 is 0. The van der Waals surface area contributed by atoms with E-state index >= 15 is 0 Å². The Labute approximate surface area is 371 Å². The van der Waals surface area contributed by atoms with Gasteiger partial charge in [0.2, 0.25) is 0 Å². The van der Waals surface area contributed by atoms with Crippen molar-refractivity contribution in [2.75, 3.05) is 33.7 Å². The van der Waals surface area contributed by atoms with Gasteiger partial charge in [0.25, 0.3) is 0 Å². The Hall–Kier alpha value is -8.48. The van der Waals surface area contributed by atoms with Crippen LogP contribution in [0.2, 0.25) is 0 Å². The number of para-hydroxylation sites is 10. The van der Waals surface area contributed by atoms with E-state index in [1.165, 1.54) is 0 Å². The van der Waals surface area contributed by atoms with Gasteiger partial charge in [0.1, 0.15) is 0 Å². The van der Waals surface area contributed by atoms with Crippen molar-refractivity contribution in [2.45, 2.75) is 0 Å². The van der Waals surface area contributed by atoms with E-state index in [0.29, 0.717) is 0 Å². The van der Waals surface area contributed by atoms with Crippen LogP contribution in [0, 0.1) is 0 Å². The molecule has 6 nitrogen and oxygen atoms in total. The highest BCUT2D eigenvalue weighted by Gasteiger charge is 2.30. The molecule has 6 heteroatoms. The first-order chi connectivity index (χ1) is 31.6. The minimum Gasteiger partial charge on any atom is -0.341 e. The van der Waals surface area contributed by atoms with Gasteiger partial charge >= 0.3 is 0 Å². The monoisotopic (exact) mass is 820 g/mol. The molecule has 0 N–H and O–H groups in total. The standard InChI is InChI=1S/C58H40N6/c1-61-49-19-7-11-23-53(49)63(54-24-12-8-20-50(54)61)39-29-31-41-43(35-39)57(47-33-27-37-15-3-5-17-45(37)59-47)42-32-30-40(36-44(42)58(41)48-34-28-38-16-4-6-18-46(38)60-48)64-55-25-13-9-21-51(55)62(2)52-22-10-14-26-56(52)64/h3-36H,1-2H3. The fourth-order valence-electron chi connectivity index (χ4n) is 10.3. The molecule has 0 bridgehead atoms. The van der Waals surface area contributed by atoms with Crippen molar-refractivity contribution in [3.8, 4) is 22.5 Å². The molecule has 2 aliphatic heterocycles. The first-order valence-corrected chi connectivity index (χ1v) is 21.8. The molecule has 0 aliphatic carbocycles. The zero-order chi connectivity index (χ0) is 42.5. The maximum absolute atomic E-state index is 5.44. The lowest BCUT2D eigenvalue weighted by molar-refractivity contribution is 1.13. The van der Waals surface area contributed by atoms with Crippen LogP contribution in [0.1, 0.15) is 0 Å². The summed E-state index contributed by atoms with van der Waals surface area (Å²) in [6.45, 7) is 0. The molecule has 0 atom stereocenters. The molecule has 13 rings (SSSR count). The summed E-state index contributed by atoms with van der Waals surface area (Å²) in [4.78, 5) is 20.3. The Balaban J connectivity index is 1.15. The van der Waals surface area contributed by atoms with Crippen molar-refractivity contribution >= 4 is 100 Å². The quantitative estimate of drug-likeness (QED) is 0.165. The molecule has 64 heavy (non-hydrogen) atoms. The van der Waals surface area contributed by atoms with E-state index in [0.717, 1.165) is 123 Å².